The van der Waals surface area contributed by atoms with Crippen LogP contribution in [0.4, 0.5) is 4.79 Å². The van der Waals surface area contributed by atoms with E-state index < -0.39 is 0 Å². The highest BCUT2D eigenvalue weighted by molar-refractivity contribution is 8.00. The van der Waals surface area contributed by atoms with Gasteiger partial charge in [0.05, 0.1) is 12.6 Å². The van der Waals surface area contributed by atoms with Crippen LogP contribution in [0.2, 0.25) is 0 Å². The predicted molar refractivity (Wildman–Crippen MR) is 80.7 cm³/mol. The molecule has 5 heteroatoms. The largest absolute Gasteiger partial charge is 0.445 e. The lowest BCUT2D eigenvalue weighted by atomic mass is 10.0. The molecule has 1 amide bonds. The Morgan fingerprint density at radius 2 is 2.15 bits per heavy atom. The molecule has 1 heterocycles. The maximum atomic E-state index is 12.2. The van der Waals surface area contributed by atoms with Crippen LogP contribution >= 0.6 is 11.8 Å². The molecule has 0 radical (unpaired) electrons. The van der Waals surface area contributed by atoms with Crippen molar-refractivity contribution in [2.24, 2.45) is 0 Å². The standard InChI is InChI=1S/C15H21NO3S/c1-15(2)13(10-17)16(8-9-20-15)14(18)19-11-12-6-4-3-5-7-12/h3-7,13,17H,8-11H2,1-2H3/t13-/m0/s1. The average molecular weight is 295 g/mol. The second-order valence-electron chi connectivity index (χ2n) is 5.38. The highest BCUT2D eigenvalue weighted by atomic mass is 32.2. The van der Waals surface area contributed by atoms with Crippen LogP contribution in [-0.4, -0.2) is 45.8 Å². The SMILES string of the molecule is CC1(C)SCCN(C(=O)OCc2ccccc2)[C@H]1CO. The molecule has 2 rings (SSSR count). The van der Waals surface area contributed by atoms with Gasteiger partial charge in [-0.1, -0.05) is 30.3 Å². The Labute approximate surface area is 124 Å². The Balaban J connectivity index is 1.97. The van der Waals surface area contributed by atoms with Gasteiger partial charge < -0.3 is 14.7 Å². The Bertz CT molecular complexity index is 450. The van der Waals surface area contributed by atoms with Gasteiger partial charge in [0.1, 0.15) is 6.61 Å². The summed E-state index contributed by atoms with van der Waals surface area (Å²) in [6, 6.07) is 9.40. The number of thioether (sulfide) groups is 1. The van der Waals surface area contributed by atoms with E-state index in [1.807, 2.05) is 30.3 Å². The van der Waals surface area contributed by atoms with Crippen LogP contribution in [0.1, 0.15) is 19.4 Å². The van der Waals surface area contributed by atoms with E-state index >= 15 is 0 Å². The second kappa shape index (κ2) is 6.50. The summed E-state index contributed by atoms with van der Waals surface area (Å²) in [6.45, 7) is 4.94. The van der Waals surface area contributed by atoms with Crippen molar-refractivity contribution < 1.29 is 14.6 Å². The molecule has 20 heavy (non-hydrogen) atoms. The van der Waals surface area contributed by atoms with Gasteiger partial charge in [-0.2, -0.15) is 11.8 Å². The number of hydrogen-bond acceptors (Lipinski definition) is 4. The van der Waals surface area contributed by atoms with E-state index in [2.05, 4.69) is 13.8 Å². The van der Waals surface area contributed by atoms with Gasteiger partial charge in [0.15, 0.2) is 0 Å². The van der Waals surface area contributed by atoms with E-state index in [1.165, 1.54) is 0 Å². The third-order valence-corrected chi connectivity index (χ3v) is 5.00. The van der Waals surface area contributed by atoms with Crippen LogP contribution in [-0.2, 0) is 11.3 Å². The first-order valence-corrected chi connectivity index (χ1v) is 7.75. The van der Waals surface area contributed by atoms with Crippen molar-refractivity contribution >= 4 is 17.9 Å². The van der Waals surface area contributed by atoms with E-state index in [0.717, 1.165) is 11.3 Å². The average Bonchev–Trinajstić information content (AvgIpc) is 2.44. The van der Waals surface area contributed by atoms with Gasteiger partial charge in [-0.05, 0) is 19.4 Å². The van der Waals surface area contributed by atoms with E-state index in [1.54, 1.807) is 16.7 Å². The molecule has 0 aromatic heterocycles. The summed E-state index contributed by atoms with van der Waals surface area (Å²) in [5.74, 6) is 0.865. The molecule has 1 atom stereocenters. The van der Waals surface area contributed by atoms with Gasteiger partial charge in [-0.3, -0.25) is 0 Å². The summed E-state index contributed by atoms with van der Waals surface area (Å²) < 4.78 is 5.21. The number of ether oxygens (including phenoxy) is 1. The zero-order chi connectivity index (χ0) is 14.6. The van der Waals surface area contributed by atoms with E-state index in [-0.39, 0.29) is 30.1 Å². The number of nitrogens with zero attached hydrogens (tertiary/aromatic N) is 1. The first-order chi connectivity index (χ1) is 9.54. The van der Waals surface area contributed by atoms with Gasteiger partial charge in [-0.25, -0.2) is 4.79 Å². The van der Waals surface area contributed by atoms with Gasteiger partial charge in [0, 0.05) is 17.0 Å². The lowest BCUT2D eigenvalue weighted by Crippen LogP contribution is -2.56. The highest BCUT2D eigenvalue weighted by Crippen LogP contribution is 2.35. The minimum Gasteiger partial charge on any atom is -0.445 e. The summed E-state index contributed by atoms with van der Waals surface area (Å²) in [6.07, 6.45) is -0.346. The Kier molecular flexibility index (Phi) is 4.94. The van der Waals surface area contributed by atoms with Crippen LogP contribution in [0.15, 0.2) is 30.3 Å². The number of amides is 1. The van der Waals surface area contributed by atoms with Crippen LogP contribution in [0.3, 0.4) is 0 Å². The number of carbonyl (C=O) groups excluding carboxylic acids is 1. The fourth-order valence-corrected chi connectivity index (χ4v) is 3.58. The van der Waals surface area contributed by atoms with Crippen LogP contribution < -0.4 is 0 Å². The molecule has 1 aliphatic rings. The fraction of sp³-hybridized carbons (Fsp3) is 0.533. The van der Waals surface area contributed by atoms with Crippen molar-refractivity contribution in [3.8, 4) is 0 Å². The van der Waals surface area contributed by atoms with Crippen LogP contribution in [0.5, 0.6) is 0 Å². The van der Waals surface area contributed by atoms with Gasteiger partial charge >= 0.3 is 6.09 Å². The van der Waals surface area contributed by atoms with E-state index in [4.69, 9.17) is 4.74 Å². The lowest BCUT2D eigenvalue weighted by molar-refractivity contribution is 0.0559. The van der Waals surface area contributed by atoms with Crippen LogP contribution in [0.25, 0.3) is 0 Å². The molecular weight excluding hydrogens is 274 g/mol. The highest BCUT2D eigenvalue weighted by Gasteiger charge is 2.40. The summed E-state index contributed by atoms with van der Waals surface area (Å²) in [7, 11) is 0. The molecule has 4 nitrogen and oxygen atoms in total. The third kappa shape index (κ3) is 3.46. The molecule has 0 aliphatic carbocycles. The lowest BCUT2D eigenvalue weighted by Gasteiger charge is -2.44. The number of rotatable bonds is 3. The van der Waals surface area contributed by atoms with Gasteiger partial charge in [0.2, 0.25) is 0 Å². The smallest absolute Gasteiger partial charge is 0.410 e. The quantitative estimate of drug-likeness (QED) is 0.931. The van der Waals surface area contributed by atoms with E-state index in [9.17, 15) is 9.90 Å². The number of hydrogen-bond donors (Lipinski definition) is 1. The number of carbonyl (C=O) groups is 1. The monoisotopic (exact) mass is 295 g/mol. The number of aliphatic hydroxyl groups excluding tert-OH is 1. The topological polar surface area (TPSA) is 49.8 Å². The zero-order valence-corrected chi connectivity index (χ0v) is 12.7. The van der Waals surface area contributed by atoms with Crippen molar-refractivity contribution in [1.29, 1.82) is 0 Å². The fourth-order valence-electron chi connectivity index (χ4n) is 2.37. The zero-order valence-electron chi connectivity index (χ0n) is 11.9. The molecule has 1 aromatic rings. The molecule has 0 saturated carbocycles. The maximum Gasteiger partial charge on any atom is 0.410 e. The predicted octanol–water partition coefficient (Wildman–Crippen LogP) is 2.51. The molecule has 1 aromatic carbocycles. The molecule has 1 fully saturated rings. The minimum absolute atomic E-state index is 0.0412. The molecule has 1 aliphatic heterocycles. The Morgan fingerprint density at radius 1 is 1.45 bits per heavy atom. The molecule has 0 bridgehead atoms. The Morgan fingerprint density at radius 3 is 2.80 bits per heavy atom. The molecule has 1 saturated heterocycles. The Hall–Kier alpha value is -1.20. The number of benzene rings is 1. The van der Waals surface area contributed by atoms with Crippen LogP contribution in [0, 0.1) is 0 Å². The molecular formula is C15H21NO3S. The first kappa shape index (κ1) is 15.2. The van der Waals surface area contributed by atoms with Crippen molar-refractivity contribution in [2.45, 2.75) is 31.2 Å². The molecule has 1 N–H and O–H groups in total. The summed E-state index contributed by atoms with van der Waals surface area (Å²) in [4.78, 5) is 13.9. The first-order valence-electron chi connectivity index (χ1n) is 6.77. The van der Waals surface area contributed by atoms with Crippen molar-refractivity contribution in [3.63, 3.8) is 0 Å². The third-order valence-electron chi connectivity index (χ3n) is 3.60. The number of aliphatic hydroxyl groups is 1. The van der Waals surface area contributed by atoms with E-state index in [0.29, 0.717) is 6.54 Å². The van der Waals surface area contributed by atoms with Gasteiger partial charge in [0.25, 0.3) is 0 Å². The summed E-state index contributed by atoms with van der Waals surface area (Å²) >= 11 is 1.78. The van der Waals surface area contributed by atoms with Crippen molar-refractivity contribution in [2.75, 3.05) is 18.9 Å². The normalized spacial score (nSPS) is 21.6. The summed E-state index contributed by atoms with van der Waals surface area (Å²) in [5.41, 5.74) is 0.965. The molecule has 0 unspecified atom stereocenters. The molecule has 110 valence electrons. The second-order valence-corrected chi connectivity index (χ2v) is 7.13. The van der Waals surface area contributed by atoms with Crippen molar-refractivity contribution in [3.05, 3.63) is 35.9 Å². The maximum absolute atomic E-state index is 12.2. The summed E-state index contributed by atoms with van der Waals surface area (Å²) in [5, 5.41) is 9.57. The molecule has 0 spiro atoms. The van der Waals surface area contributed by atoms with Crippen molar-refractivity contribution in [1.82, 2.24) is 4.90 Å². The van der Waals surface area contributed by atoms with Gasteiger partial charge in [-0.15, -0.1) is 0 Å². The minimum atomic E-state index is -0.346.